The Morgan fingerprint density at radius 3 is 2.81 bits per heavy atom. The van der Waals surface area contributed by atoms with E-state index >= 15 is 0 Å². The Morgan fingerprint density at radius 2 is 2.25 bits per heavy atom. The number of hydrazine groups is 1. The molecule has 1 aliphatic rings. The van der Waals surface area contributed by atoms with Gasteiger partial charge in [0.25, 0.3) is 0 Å². The summed E-state index contributed by atoms with van der Waals surface area (Å²) < 4.78 is 23.8. The third-order valence-electron chi connectivity index (χ3n) is 3.13. The van der Waals surface area contributed by atoms with Gasteiger partial charge in [0.15, 0.2) is 9.84 Å². The highest BCUT2D eigenvalue weighted by atomic mass is 32.2. The number of nitrogens with one attached hydrogen (secondary N) is 1. The minimum Gasteiger partial charge on any atom is -0.271 e. The zero-order valence-electron chi connectivity index (χ0n) is 9.48. The molecule has 1 aliphatic heterocycles. The molecule has 4 nitrogen and oxygen atoms in total. The molecule has 92 valence electrons. The van der Waals surface area contributed by atoms with Gasteiger partial charge in [-0.05, 0) is 25.7 Å². The van der Waals surface area contributed by atoms with Crippen molar-refractivity contribution in [3.8, 4) is 12.3 Å². The number of nitrogens with two attached hydrogens (primary N) is 1. The highest BCUT2D eigenvalue weighted by Gasteiger charge is 2.34. The van der Waals surface area contributed by atoms with Crippen LogP contribution in [0.15, 0.2) is 0 Å². The number of rotatable bonds is 5. The predicted octanol–water partition coefficient (Wildman–Crippen LogP) is 0.589. The first kappa shape index (κ1) is 13.5. The highest BCUT2D eigenvalue weighted by molar-refractivity contribution is 7.92. The van der Waals surface area contributed by atoms with E-state index in [1.54, 1.807) is 0 Å². The third-order valence-corrected chi connectivity index (χ3v) is 5.47. The molecule has 2 unspecified atom stereocenters. The third kappa shape index (κ3) is 3.48. The van der Waals surface area contributed by atoms with Crippen LogP contribution in [0, 0.1) is 12.3 Å². The van der Waals surface area contributed by atoms with Gasteiger partial charge in [-0.2, -0.15) is 0 Å². The second-order valence-electron chi connectivity index (χ2n) is 4.27. The van der Waals surface area contributed by atoms with Gasteiger partial charge >= 0.3 is 0 Å². The molecule has 1 fully saturated rings. The molecule has 1 saturated heterocycles. The molecule has 0 aliphatic carbocycles. The molecule has 5 heteroatoms. The average molecular weight is 244 g/mol. The highest BCUT2D eigenvalue weighted by Crippen LogP contribution is 2.24. The van der Waals surface area contributed by atoms with Gasteiger partial charge < -0.3 is 0 Å². The summed E-state index contributed by atoms with van der Waals surface area (Å²) >= 11 is 0. The monoisotopic (exact) mass is 244 g/mol. The molecule has 1 rings (SSSR count). The van der Waals surface area contributed by atoms with Crippen molar-refractivity contribution in [1.82, 2.24) is 5.43 Å². The maximum Gasteiger partial charge on any atom is 0.154 e. The lowest BCUT2D eigenvalue weighted by Gasteiger charge is -2.29. The van der Waals surface area contributed by atoms with Crippen LogP contribution in [0.25, 0.3) is 0 Å². The molecule has 16 heavy (non-hydrogen) atoms. The maximum atomic E-state index is 11.9. The minimum absolute atomic E-state index is 0.154. The fourth-order valence-corrected chi connectivity index (χ4v) is 4.38. The van der Waals surface area contributed by atoms with Gasteiger partial charge in [-0.1, -0.05) is 6.42 Å². The van der Waals surface area contributed by atoms with Crippen molar-refractivity contribution in [3.05, 3.63) is 0 Å². The largest absolute Gasteiger partial charge is 0.271 e. The molecular formula is C11H20N2O2S. The van der Waals surface area contributed by atoms with E-state index in [1.165, 1.54) is 0 Å². The second-order valence-corrected chi connectivity index (χ2v) is 6.61. The van der Waals surface area contributed by atoms with Crippen LogP contribution in [0.2, 0.25) is 0 Å². The molecule has 0 aromatic rings. The van der Waals surface area contributed by atoms with Gasteiger partial charge in [-0.25, -0.2) is 8.42 Å². The lowest BCUT2D eigenvalue weighted by atomic mass is 10.0. The Bertz CT molecular complexity index is 345. The van der Waals surface area contributed by atoms with Crippen LogP contribution in [-0.4, -0.2) is 25.5 Å². The van der Waals surface area contributed by atoms with Gasteiger partial charge in [0, 0.05) is 12.5 Å². The SMILES string of the molecule is C#CCCCC(NN)C1CCCCS1(=O)=O. The molecule has 0 bridgehead atoms. The molecule has 0 saturated carbocycles. The average Bonchev–Trinajstić information content (AvgIpc) is 2.25. The number of hydrogen-bond acceptors (Lipinski definition) is 4. The van der Waals surface area contributed by atoms with E-state index < -0.39 is 9.84 Å². The van der Waals surface area contributed by atoms with Crippen LogP contribution in [0.1, 0.15) is 38.5 Å². The summed E-state index contributed by atoms with van der Waals surface area (Å²) in [6, 6.07) is -0.154. The van der Waals surface area contributed by atoms with Crippen LogP contribution >= 0.6 is 0 Å². The molecule has 0 spiro atoms. The van der Waals surface area contributed by atoms with Gasteiger partial charge in [0.05, 0.1) is 11.0 Å². The van der Waals surface area contributed by atoms with Crippen molar-refractivity contribution in [3.63, 3.8) is 0 Å². The Morgan fingerprint density at radius 1 is 1.50 bits per heavy atom. The summed E-state index contributed by atoms with van der Waals surface area (Å²) in [7, 11) is -2.97. The van der Waals surface area contributed by atoms with Gasteiger partial charge in [0.1, 0.15) is 0 Å². The van der Waals surface area contributed by atoms with Crippen molar-refractivity contribution in [2.75, 3.05) is 5.75 Å². The molecule has 0 aromatic carbocycles. The van der Waals surface area contributed by atoms with Crippen molar-refractivity contribution in [1.29, 1.82) is 0 Å². The molecule has 0 aromatic heterocycles. The molecule has 2 atom stereocenters. The van der Waals surface area contributed by atoms with Crippen molar-refractivity contribution in [2.24, 2.45) is 5.84 Å². The summed E-state index contributed by atoms with van der Waals surface area (Å²) in [6.45, 7) is 0. The van der Waals surface area contributed by atoms with E-state index in [4.69, 9.17) is 12.3 Å². The zero-order valence-corrected chi connectivity index (χ0v) is 10.3. The fraction of sp³-hybridized carbons (Fsp3) is 0.818. The molecule has 3 N–H and O–H groups in total. The van der Waals surface area contributed by atoms with Crippen LogP contribution in [0.3, 0.4) is 0 Å². The van der Waals surface area contributed by atoms with Crippen LogP contribution in [0.5, 0.6) is 0 Å². The molecule has 1 heterocycles. The fourth-order valence-electron chi connectivity index (χ4n) is 2.23. The summed E-state index contributed by atoms with van der Waals surface area (Å²) in [5, 5.41) is -0.330. The summed E-state index contributed by atoms with van der Waals surface area (Å²) in [5.41, 5.74) is 2.64. The van der Waals surface area contributed by atoms with Crippen LogP contribution < -0.4 is 11.3 Å². The van der Waals surface area contributed by atoms with E-state index in [9.17, 15) is 8.42 Å². The van der Waals surface area contributed by atoms with Crippen LogP contribution in [0.4, 0.5) is 0 Å². The summed E-state index contributed by atoms with van der Waals surface area (Å²) in [6.07, 6.45) is 9.85. The van der Waals surface area contributed by atoms with Crippen molar-refractivity contribution in [2.45, 2.75) is 49.8 Å². The Balaban J connectivity index is 2.60. The first-order valence-corrected chi connectivity index (χ1v) is 7.44. The van der Waals surface area contributed by atoms with E-state index in [0.29, 0.717) is 18.6 Å². The number of terminal acetylenes is 1. The van der Waals surface area contributed by atoms with Gasteiger partial charge in [-0.3, -0.25) is 11.3 Å². The molecule has 0 amide bonds. The first-order chi connectivity index (χ1) is 7.61. The molecular weight excluding hydrogens is 224 g/mol. The lowest BCUT2D eigenvalue weighted by molar-refractivity contribution is 0.417. The predicted molar refractivity (Wildman–Crippen MR) is 65.2 cm³/mol. The van der Waals surface area contributed by atoms with Crippen molar-refractivity contribution >= 4 is 9.84 Å². The Labute approximate surface area is 97.9 Å². The summed E-state index contributed by atoms with van der Waals surface area (Å²) in [5.74, 6) is 8.29. The standard InChI is InChI=1S/C11H20N2O2S/c1-2-3-4-7-10(13-12)11-8-5-6-9-16(11,14)15/h1,10-11,13H,3-9,12H2. The topological polar surface area (TPSA) is 72.2 Å². The van der Waals surface area contributed by atoms with E-state index in [2.05, 4.69) is 11.3 Å². The normalized spacial score (nSPS) is 25.9. The van der Waals surface area contributed by atoms with Crippen molar-refractivity contribution < 1.29 is 8.42 Å². The Hall–Kier alpha value is -0.570. The lowest BCUT2D eigenvalue weighted by Crippen LogP contribution is -2.49. The smallest absolute Gasteiger partial charge is 0.154 e. The second kappa shape index (κ2) is 6.24. The number of unbranched alkanes of at least 4 members (excludes halogenated alkanes) is 1. The first-order valence-electron chi connectivity index (χ1n) is 5.73. The zero-order chi connectivity index (χ0) is 12.0. The number of hydrogen-bond donors (Lipinski definition) is 2. The summed E-state index contributed by atoms with van der Waals surface area (Å²) in [4.78, 5) is 0. The quantitative estimate of drug-likeness (QED) is 0.321. The minimum atomic E-state index is -2.97. The maximum absolute atomic E-state index is 11.9. The Kier molecular flexibility index (Phi) is 5.26. The van der Waals surface area contributed by atoms with E-state index in [-0.39, 0.29) is 11.3 Å². The molecule has 0 radical (unpaired) electrons. The number of sulfone groups is 1. The van der Waals surface area contributed by atoms with Gasteiger partial charge in [-0.15, -0.1) is 12.3 Å². The van der Waals surface area contributed by atoms with E-state index in [0.717, 1.165) is 25.7 Å². The van der Waals surface area contributed by atoms with Crippen LogP contribution in [-0.2, 0) is 9.84 Å². The van der Waals surface area contributed by atoms with Gasteiger partial charge in [0.2, 0.25) is 0 Å². The van der Waals surface area contributed by atoms with E-state index in [1.807, 2.05) is 0 Å².